The monoisotopic (exact) mass is 520 g/mol. The first-order chi connectivity index (χ1) is 16.5. The number of hydrogen-bond acceptors (Lipinski definition) is 8. The zero-order valence-corrected chi connectivity index (χ0v) is 21.5. The molecule has 1 aliphatic rings. The van der Waals surface area contributed by atoms with Gasteiger partial charge < -0.3 is 9.64 Å². The molecular formula is C23H28N4O6S2. The zero-order chi connectivity index (χ0) is 25.4. The van der Waals surface area contributed by atoms with E-state index in [0.29, 0.717) is 56.2 Å². The van der Waals surface area contributed by atoms with Gasteiger partial charge in [-0.3, -0.25) is 9.36 Å². The van der Waals surface area contributed by atoms with E-state index < -0.39 is 19.9 Å². The van der Waals surface area contributed by atoms with Crippen LogP contribution >= 0.6 is 0 Å². The SMILES string of the molecule is COc1ccc(S(=O)(=O)N2CCN(CCc3nc4ccc(S(C)(=O)=O)cc4c(=O)n3C)CC2)cc1. The predicted octanol–water partition coefficient (Wildman–Crippen LogP) is 0.895. The van der Waals surface area contributed by atoms with Crippen LogP contribution in [0.3, 0.4) is 0 Å². The van der Waals surface area contributed by atoms with Crippen molar-refractivity contribution < 1.29 is 21.6 Å². The first-order valence-corrected chi connectivity index (χ1v) is 14.4. The Bertz CT molecular complexity index is 1510. The lowest BCUT2D eigenvalue weighted by molar-refractivity contribution is 0.189. The van der Waals surface area contributed by atoms with Crippen LogP contribution in [0, 0.1) is 0 Å². The highest BCUT2D eigenvalue weighted by Gasteiger charge is 2.28. The molecule has 35 heavy (non-hydrogen) atoms. The third-order valence-electron chi connectivity index (χ3n) is 6.25. The van der Waals surface area contributed by atoms with Crippen molar-refractivity contribution in [1.29, 1.82) is 0 Å². The minimum atomic E-state index is -3.58. The average molecular weight is 521 g/mol. The van der Waals surface area contributed by atoms with Crippen molar-refractivity contribution in [1.82, 2.24) is 18.8 Å². The predicted molar refractivity (Wildman–Crippen MR) is 132 cm³/mol. The topological polar surface area (TPSA) is 119 Å². The van der Waals surface area contributed by atoms with Crippen LogP contribution in [-0.4, -0.2) is 81.7 Å². The smallest absolute Gasteiger partial charge is 0.261 e. The van der Waals surface area contributed by atoms with Crippen molar-refractivity contribution in [2.24, 2.45) is 7.05 Å². The van der Waals surface area contributed by atoms with Gasteiger partial charge in [-0.05, 0) is 42.5 Å². The summed E-state index contributed by atoms with van der Waals surface area (Å²) in [7, 11) is -3.86. The van der Waals surface area contributed by atoms with Gasteiger partial charge in [-0.2, -0.15) is 4.31 Å². The Morgan fingerprint density at radius 2 is 1.57 bits per heavy atom. The van der Waals surface area contributed by atoms with E-state index in [1.54, 1.807) is 37.4 Å². The molecule has 0 radical (unpaired) electrons. The van der Waals surface area contributed by atoms with E-state index in [1.165, 1.54) is 28.1 Å². The zero-order valence-electron chi connectivity index (χ0n) is 19.8. The second-order valence-electron chi connectivity index (χ2n) is 8.51. The Labute approximate surface area is 204 Å². The largest absolute Gasteiger partial charge is 0.497 e. The summed E-state index contributed by atoms with van der Waals surface area (Å²) >= 11 is 0. The summed E-state index contributed by atoms with van der Waals surface area (Å²) in [5.74, 6) is 1.18. The lowest BCUT2D eigenvalue weighted by Crippen LogP contribution is -2.49. The van der Waals surface area contributed by atoms with Crippen LogP contribution in [0.25, 0.3) is 10.9 Å². The van der Waals surface area contributed by atoms with Crippen LogP contribution in [0.1, 0.15) is 5.82 Å². The molecule has 3 aromatic rings. The molecule has 10 nitrogen and oxygen atoms in total. The van der Waals surface area contributed by atoms with Crippen LogP contribution in [0.4, 0.5) is 0 Å². The van der Waals surface area contributed by atoms with Crippen molar-refractivity contribution >= 4 is 30.8 Å². The maximum atomic E-state index is 12.9. The fourth-order valence-corrected chi connectivity index (χ4v) is 6.17. The Balaban J connectivity index is 1.42. The number of sulfonamides is 1. The van der Waals surface area contributed by atoms with Crippen molar-refractivity contribution in [3.63, 3.8) is 0 Å². The average Bonchev–Trinajstić information content (AvgIpc) is 2.85. The van der Waals surface area contributed by atoms with Gasteiger partial charge in [0.25, 0.3) is 5.56 Å². The molecule has 4 rings (SSSR count). The molecule has 0 amide bonds. The standard InChI is InChI=1S/C23H28N4O6S2/c1-25-22(24-21-9-8-19(34(3,29)30)16-20(21)23(25)28)10-11-26-12-14-27(15-13-26)35(31,32)18-6-4-17(33-2)5-7-18/h4-9,16H,10-15H2,1-3H3. The second kappa shape index (κ2) is 9.69. The number of methoxy groups -OCH3 is 1. The van der Waals surface area contributed by atoms with E-state index in [9.17, 15) is 21.6 Å². The summed E-state index contributed by atoms with van der Waals surface area (Å²) in [6.45, 7) is 2.48. The van der Waals surface area contributed by atoms with Crippen LogP contribution in [0.15, 0.2) is 57.1 Å². The quantitative estimate of drug-likeness (QED) is 0.451. The molecule has 0 unspecified atom stereocenters. The minimum Gasteiger partial charge on any atom is -0.497 e. The molecule has 12 heteroatoms. The number of nitrogens with zero attached hydrogens (tertiary/aromatic N) is 4. The third-order valence-corrected chi connectivity index (χ3v) is 9.27. The summed E-state index contributed by atoms with van der Waals surface area (Å²) in [6.07, 6.45) is 1.60. The van der Waals surface area contributed by atoms with E-state index in [1.807, 2.05) is 0 Å². The van der Waals surface area contributed by atoms with Gasteiger partial charge in [-0.15, -0.1) is 0 Å². The van der Waals surface area contributed by atoms with Crippen LogP contribution in [0.2, 0.25) is 0 Å². The lowest BCUT2D eigenvalue weighted by atomic mass is 10.2. The number of rotatable bonds is 7. The highest BCUT2D eigenvalue weighted by atomic mass is 32.2. The van der Waals surface area contributed by atoms with Crippen molar-refractivity contribution in [3.05, 3.63) is 58.6 Å². The van der Waals surface area contributed by atoms with Crippen molar-refractivity contribution in [2.75, 3.05) is 46.1 Å². The van der Waals surface area contributed by atoms with Gasteiger partial charge in [-0.1, -0.05) is 0 Å². The molecule has 1 saturated heterocycles. The molecule has 188 valence electrons. The van der Waals surface area contributed by atoms with Crippen LogP contribution in [0.5, 0.6) is 5.75 Å². The molecule has 0 atom stereocenters. The maximum Gasteiger partial charge on any atom is 0.261 e. The molecule has 0 N–H and O–H groups in total. The highest BCUT2D eigenvalue weighted by Crippen LogP contribution is 2.21. The van der Waals surface area contributed by atoms with E-state index >= 15 is 0 Å². The molecule has 1 fully saturated rings. The summed E-state index contributed by atoms with van der Waals surface area (Å²) in [5, 5.41) is 0.261. The van der Waals surface area contributed by atoms with E-state index in [0.717, 1.165) is 6.26 Å². The first kappa shape index (κ1) is 25.3. The number of piperazine rings is 1. The van der Waals surface area contributed by atoms with Gasteiger partial charge in [-0.25, -0.2) is 21.8 Å². The number of aromatic nitrogens is 2. The van der Waals surface area contributed by atoms with Gasteiger partial charge >= 0.3 is 0 Å². The van der Waals surface area contributed by atoms with Gasteiger partial charge in [0, 0.05) is 52.4 Å². The number of ether oxygens (including phenoxy) is 1. The van der Waals surface area contributed by atoms with Gasteiger partial charge in [0.05, 0.1) is 27.8 Å². The molecule has 0 saturated carbocycles. The Morgan fingerprint density at radius 1 is 0.943 bits per heavy atom. The summed E-state index contributed by atoms with van der Waals surface area (Å²) in [5.41, 5.74) is 0.150. The van der Waals surface area contributed by atoms with Gasteiger partial charge in [0.1, 0.15) is 11.6 Å². The molecule has 2 aromatic carbocycles. The molecule has 1 aliphatic heterocycles. The molecule has 2 heterocycles. The normalized spacial score (nSPS) is 16.0. The number of fused-ring (bicyclic) bond motifs is 1. The van der Waals surface area contributed by atoms with E-state index in [4.69, 9.17) is 4.74 Å². The molecule has 0 aliphatic carbocycles. The van der Waals surface area contributed by atoms with Crippen LogP contribution < -0.4 is 10.3 Å². The fraction of sp³-hybridized carbons (Fsp3) is 0.391. The summed E-state index contributed by atoms with van der Waals surface area (Å²) < 4.78 is 57.6. The number of benzene rings is 2. The third kappa shape index (κ3) is 5.25. The van der Waals surface area contributed by atoms with Crippen LogP contribution in [-0.2, 0) is 33.3 Å². The van der Waals surface area contributed by atoms with E-state index in [-0.39, 0.29) is 20.7 Å². The fourth-order valence-electron chi connectivity index (χ4n) is 4.10. The Morgan fingerprint density at radius 3 is 2.17 bits per heavy atom. The van der Waals surface area contributed by atoms with Crippen molar-refractivity contribution in [3.8, 4) is 5.75 Å². The molecular weight excluding hydrogens is 492 g/mol. The lowest BCUT2D eigenvalue weighted by Gasteiger charge is -2.34. The van der Waals surface area contributed by atoms with E-state index in [2.05, 4.69) is 9.88 Å². The van der Waals surface area contributed by atoms with Gasteiger partial charge in [0.2, 0.25) is 10.0 Å². The number of sulfone groups is 1. The number of hydrogen-bond donors (Lipinski definition) is 0. The maximum absolute atomic E-state index is 12.9. The summed E-state index contributed by atoms with van der Waals surface area (Å²) in [6, 6.07) is 10.7. The Kier molecular flexibility index (Phi) is 7.00. The van der Waals surface area contributed by atoms with Crippen molar-refractivity contribution in [2.45, 2.75) is 16.2 Å². The molecule has 0 spiro atoms. The summed E-state index contributed by atoms with van der Waals surface area (Å²) in [4.78, 5) is 19.9. The Hall–Kier alpha value is -2.80. The molecule has 1 aromatic heterocycles. The first-order valence-electron chi connectivity index (χ1n) is 11.1. The second-order valence-corrected chi connectivity index (χ2v) is 12.5. The minimum absolute atomic E-state index is 0.0825. The molecule has 0 bridgehead atoms. The van der Waals surface area contributed by atoms with Gasteiger partial charge in [0.15, 0.2) is 9.84 Å². The highest BCUT2D eigenvalue weighted by molar-refractivity contribution is 7.90.